The molecule has 0 spiro atoms. The van der Waals surface area contributed by atoms with E-state index in [0.29, 0.717) is 9.27 Å². The van der Waals surface area contributed by atoms with Gasteiger partial charge in [0.2, 0.25) is 36.0 Å². The number of hydrogen-bond acceptors (Lipinski definition) is 9. The molecule has 1 aliphatic rings. The van der Waals surface area contributed by atoms with Crippen molar-refractivity contribution in [3.8, 4) is 6.07 Å². The Bertz CT molecular complexity index is 1590. The number of piperazine rings is 1. The number of carbonyl (C=O) groups excluding carboxylic acids is 1. The molecule has 1 saturated heterocycles. The zero-order valence-corrected chi connectivity index (χ0v) is 24.6. The second-order valence-electron chi connectivity index (χ2n) is 9.64. The Balaban J connectivity index is 1.76. The lowest BCUT2D eigenvalue weighted by molar-refractivity contribution is -0.118. The van der Waals surface area contributed by atoms with Crippen molar-refractivity contribution in [1.82, 2.24) is 9.21 Å². The molecule has 2 aromatic carbocycles. The number of nitrogens with zero attached hydrogens (tertiary/aromatic N) is 4. The number of nitriles is 1. The highest BCUT2D eigenvalue weighted by Crippen LogP contribution is 2.28. The van der Waals surface area contributed by atoms with E-state index < -0.39 is 48.1 Å². The van der Waals surface area contributed by atoms with Crippen LogP contribution < -0.4 is 9.03 Å². The first-order chi connectivity index (χ1) is 17.9. The maximum Gasteiger partial charge on any atom is 0.245 e. The minimum absolute atomic E-state index is 0.0269. The summed E-state index contributed by atoms with van der Waals surface area (Å²) in [4.78, 5) is 14.8. The number of carbonyl (C=O) groups is 1. The number of amides is 1. The van der Waals surface area contributed by atoms with Gasteiger partial charge in [-0.1, -0.05) is 12.1 Å². The highest BCUT2D eigenvalue weighted by Gasteiger charge is 2.39. The van der Waals surface area contributed by atoms with Gasteiger partial charge in [0.25, 0.3) is 0 Å². The highest BCUT2D eigenvalue weighted by atomic mass is 32.3. The van der Waals surface area contributed by atoms with Gasteiger partial charge in [-0.2, -0.15) is 13.3 Å². The zero-order chi connectivity index (χ0) is 29.3. The normalized spacial score (nSPS) is 19.3. The first-order valence-corrected chi connectivity index (χ1v) is 17.0. The second-order valence-corrected chi connectivity index (χ2v) is 15.4. The van der Waals surface area contributed by atoms with E-state index in [1.165, 1.54) is 46.8 Å². The predicted octanol–water partition coefficient (Wildman–Crippen LogP) is 1.31. The Morgan fingerprint density at radius 2 is 1.59 bits per heavy atom. The van der Waals surface area contributed by atoms with E-state index in [9.17, 15) is 30.0 Å². The van der Waals surface area contributed by atoms with Crippen LogP contribution in [0, 0.1) is 18.3 Å². The summed E-state index contributed by atoms with van der Waals surface area (Å²) in [5.74, 6) is -0.432. The lowest BCUT2D eigenvalue weighted by atomic mass is 10.1. The molecule has 0 unspecified atom stereocenters. The molecule has 0 aliphatic carbocycles. The number of benzene rings is 2. The maximum absolute atomic E-state index is 13.3. The molecule has 212 valence electrons. The highest BCUT2D eigenvalue weighted by molar-refractivity contribution is 8.09. The van der Waals surface area contributed by atoms with Crippen LogP contribution in [-0.2, 0) is 34.9 Å². The van der Waals surface area contributed by atoms with Crippen molar-refractivity contribution in [3.63, 3.8) is 0 Å². The van der Waals surface area contributed by atoms with E-state index in [-0.39, 0.29) is 41.5 Å². The Morgan fingerprint density at radius 3 is 2.13 bits per heavy atom. The summed E-state index contributed by atoms with van der Waals surface area (Å²) in [6, 6.07) is 10.9. The lowest BCUT2D eigenvalue weighted by Gasteiger charge is -2.43. The fraction of sp³-hybridized carbons (Fsp3) is 0.417. The van der Waals surface area contributed by atoms with Gasteiger partial charge in [0.05, 0.1) is 41.3 Å². The van der Waals surface area contributed by atoms with E-state index in [0.717, 1.165) is 12.5 Å². The second kappa shape index (κ2) is 11.2. The van der Waals surface area contributed by atoms with Crippen LogP contribution in [0.3, 0.4) is 0 Å². The monoisotopic (exact) mass is 597 g/mol. The quantitative estimate of drug-likeness (QED) is 0.472. The van der Waals surface area contributed by atoms with Gasteiger partial charge >= 0.3 is 0 Å². The minimum Gasteiger partial charge on any atom is -0.325 e. The SMILES string of the molecule is Cc1ccc(N(S(C)(=O)=O)S(C)(=O)=O)cc1NC(=O)CN1C[C@@H](C)N(S(=O)(=O)c2cccc(C#N)c2)[C@@H](C)C1. The summed E-state index contributed by atoms with van der Waals surface area (Å²) in [5.41, 5.74) is 0.936. The van der Waals surface area contributed by atoms with Crippen molar-refractivity contribution in [2.45, 2.75) is 37.8 Å². The average Bonchev–Trinajstić information content (AvgIpc) is 2.78. The van der Waals surface area contributed by atoms with Crippen LogP contribution in [0.25, 0.3) is 0 Å². The summed E-state index contributed by atoms with van der Waals surface area (Å²) in [7, 11) is -12.2. The molecule has 0 bridgehead atoms. The van der Waals surface area contributed by atoms with Crippen LogP contribution in [0.1, 0.15) is 25.0 Å². The zero-order valence-electron chi connectivity index (χ0n) is 22.2. The van der Waals surface area contributed by atoms with E-state index in [2.05, 4.69) is 5.32 Å². The van der Waals surface area contributed by atoms with Crippen molar-refractivity contribution in [2.75, 3.05) is 41.2 Å². The van der Waals surface area contributed by atoms with Crippen molar-refractivity contribution in [1.29, 1.82) is 5.26 Å². The van der Waals surface area contributed by atoms with E-state index in [1.54, 1.807) is 25.7 Å². The van der Waals surface area contributed by atoms with Gasteiger partial charge in [-0.05, 0) is 56.7 Å². The molecule has 2 aromatic rings. The Hall–Kier alpha value is -3.03. The van der Waals surface area contributed by atoms with Gasteiger partial charge in [-0.25, -0.2) is 25.3 Å². The number of anilines is 2. The Kier molecular flexibility index (Phi) is 8.78. The molecule has 1 heterocycles. The standard InChI is InChI=1S/C24H31N5O7S3/c1-17-9-10-21(29(37(4,31)32)38(5,33)34)12-23(17)26-24(30)16-27-14-18(2)28(19(3)15-27)39(35,36)22-8-6-7-20(11-22)13-25/h6-12,18-19H,14-16H2,1-5H3,(H,26,30)/t18-,19+. The van der Waals surface area contributed by atoms with E-state index >= 15 is 0 Å². The molecule has 12 nitrogen and oxygen atoms in total. The molecule has 2 atom stereocenters. The van der Waals surface area contributed by atoms with Crippen LogP contribution in [-0.4, -0.2) is 84.6 Å². The van der Waals surface area contributed by atoms with Gasteiger partial charge in [-0.3, -0.25) is 9.69 Å². The van der Waals surface area contributed by atoms with E-state index in [4.69, 9.17) is 5.26 Å². The van der Waals surface area contributed by atoms with Crippen LogP contribution in [0.5, 0.6) is 0 Å². The molecule has 1 N–H and O–H groups in total. The lowest BCUT2D eigenvalue weighted by Crippen LogP contribution is -2.59. The molecule has 39 heavy (non-hydrogen) atoms. The predicted molar refractivity (Wildman–Crippen MR) is 148 cm³/mol. The summed E-state index contributed by atoms with van der Waals surface area (Å²) < 4.78 is 76.9. The maximum atomic E-state index is 13.3. The van der Waals surface area contributed by atoms with Gasteiger partial charge in [-0.15, -0.1) is 0 Å². The van der Waals surface area contributed by atoms with E-state index in [1.807, 2.05) is 6.07 Å². The summed E-state index contributed by atoms with van der Waals surface area (Å²) in [5, 5.41) is 11.8. The molecular formula is C24H31N5O7S3. The molecule has 1 aliphatic heterocycles. The molecule has 1 fully saturated rings. The molecule has 0 saturated carbocycles. The third-order valence-corrected chi connectivity index (χ3v) is 11.5. The number of aryl methyl sites for hydroxylation is 1. The third-order valence-electron chi connectivity index (χ3n) is 6.13. The van der Waals surface area contributed by atoms with Crippen LogP contribution in [0.4, 0.5) is 11.4 Å². The fourth-order valence-electron chi connectivity index (χ4n) is 4.75. The smallest absolute Gasteiger partial charge is 0.245 e. The largest absolute Gasteiger partial charge is 0.325 e. The number of rotatable bonds is 8. The van der Waals surface area contributed by atoms with Crippen LogP contribution >= 0.6 is 0 Å². The third kappa shape index (κ3) is 6.95. The Labute approximate surface area is 230 Å². The number of hydrogen-bond donors (Lipinski definition) is 1. The number of nitrogens with one attached hydrogen (secondary N) is 1. The average molecular weight is 598 g/mol. The summed E-state index contributed by atoms with van der Waals surface area (Å²) in [6.45, 7) is 5.63. The van der Waals surface area contributed by atoms with Crippen LogP contribution in [0.2, 0.25) is 0 Å². The molecule has 0 radical (unpaired) electrons. The van der Waals surface area contributed by atoms with Crippen molar-refractivity contribution < 1.29 is 30.0 Å². The van der Waals surface area contributed by atoms with Gasteiger partial charge in [0.15, 0.2) is 0 Å². The molecular weight excluding hydrogens is 566 g/mol. The summed E-state index contributed by atoms with van der Waals surface area (Å²) in [6.07, 6.45) is 1.54. The summed E-state index contributed by atoms with van der Waals surface area (Å²) >= 11 is 0. The van der Waals surface area contributed by atoms with Crippen molar-refractivity contribution in [2.24, 2.45) is 0 Å². The van der Waals surface area contributed by atoms with Crippen LogP contribution in [0.15, 0.2) is 47.4 Å². The van der Waals surface area contributed by atoms with Gasteiger partial charge in [0, 0.05) is 30.9 Å². The number of sulfonamides is 3. The molecule has 0 aromatic heterocycles. The van der Waals surface area contributed by atoms with Gasteiger partial charge < -0.3 is 5.32 Å². The molecule has 3 rings (SSSR count). The fourth-order valence-corrected chi connectivity index (χ4v) is 9.56. The minimum atomic E-state index is -4.16. The topological polar surface area (TPSA) is 165 Å². The molecule has 15 heteroatoms. The first-order valence-electron chi connectivity index (χ1n) is 11.8. The molecule has 1 amide bonds. The first kappa shape index (κ1) is 30.5. The van der Waals surface area contributed by atoms with Crippen molar-refractivity contribution >= 4 is 47.4 Å². The van der Waals surface area contributed by atoms with Gasteiger partial charge in [0.1, 0.15) is 0 Å². The van der Waals surface area contributed by atoms with Crippen molar-refractivity contribution in [3.05, 3.63) is 53.6 Å². The Morgan fingerprint density at radius 1 is 1.00 bits per heavy atom.